The van der Waals surface area contributed by atoms with Crippen molar-refractivity contribution < 1.29 is 9.84 Å². The fourth-order valence-corrected chi connectivity index (χ4v) is 3.28. The lowest BCUT2D eigenvalue weighted by molar-refractivity contribution is 0.248. The molecule has 1 heterocycles. The zero-order chi connectivity index (χ0) is 20.1. The Morgan fingerprint density at radius 1 is 1.25 bits per heavy atom. The summed E-state index contributed by atoms with van der Waals surface area (Å²) in [5.74, 6) is 0.752. The minimum Gasteiger partial charge on any atom is -0.497 e. The van der Waals surface area contributed by atoms with Crippen molar-refractivity contribution in [2.75, 3.05) is 25.6 Å². The predicted molar refractivity (Wildman–Crippen MR) is 116 cm³/mol. The summed E-state index contributed by atoms with van der Waals surface area (Å²) in [6.07, 6.45) is 0. The molecule has 0 amide bonds. The van der Waals surface area contributed by atoms with Crippen molar-refractivity contribution in [2.45, 2.75) is 13.5 Å². The summed E-state index contributed by atoms with van der Waals surface area (Å²) in [7, 11) is 1.61. The first-order valence-corrected chi connectivity index (χ1v) is 9.35. The van der Waals surface area contributed by atoms with Crippen LogP contribution < -0.4 is 15.6 Å². The van der Waals surface area contributed by atoms with Gasteiger partial charge in [0.2, 0.25) is 0 Å². The van der Waals surface area contributed by atoms with Crippen LogP contribution in [-0.2, 0) is 6.54 Å². The fraction of sp³-hybridized carbons (Fsp3) is 0.238. The first-order chi connectivity index (χ1) is 13.5. The van der Waals surface area contributed by atoms with E-state index in [0.717, 1.165) is 27.9 Å². The lowest BCUT2D eigenvalue weighted by Gasteiger charge is -2.25. The Hall–Kier alpha value is -2.90. The highest BCUT2D eigenvalue weighted by Gasteiger charge is 2.14. The third kappa shape index (κ3) is 4.49. The molecular formula is C21H23N3O3S. The number of methoxy groups -OCH3 is 1. The Kier molecular flexibility index (Phi) is 6.28. The third-order valence-electron chi connectivity index (χ3n) is 4.52. The number of nitrogens with zero attached hydrogens (tertiary/aromatic N) is 1. The number of H-pyrrole nitrogens is 1. The molecule has 0 aliphatic heterocycles. The number of aliphatic hydroxyl groups excluding tert-OH is 1. The number of aliphatic hydroxyl groups is 1. The maximum Gasteiger partial charge on any atom is 0.253 e. The average molecular weight is 398 g/mol. The number of hydrogen-bond donors (Lipinski definition) is 3. The molecule has 1 aromatic heterocycles. The molecule has 6 nitrogen and oxygen atoms in total. The smallest absolute Gasteiger partial charge is 0.253 e. The fourth-order valence-electron chi connectivity index (χ4n) is 3.00. The van der Waals surface area contributed by atoms with Gasteiger partial charge in [0.05, 0.1) is 25.8 Å². The average Bonchev–Trinajstić information content (AvgIpc) is 2.69. The molecule has 3 N–H and O–H groups in total. The van der Waals surface area contributed by atoms with Crippen molar-refractivity contribution in [1.82, 2.24) is 9.88 Å². The van der Waals surface area contributed by atoms with Gasteiger partial charge in [-0.25, -0.2) is 0 Å². The van der Waals surface area contributed by atoms with Gasteiger partial charge in [-0.2, -0.15) is 0 Å². The minimum atomic E-state index is -0.156. The van der Waals surface area contributed by atoms with Gasteiger partial charge >= 0.3 is 0 Å². The SMILES string of the molecule is COc1ccc(NC(=S)N(CCO)Cc2cc3cccc(C)c3[nH]c2=O)cc1. The summed E-state index contributed by atoms with van der Waals surface area (Å²) in [4.78, 5) is 17.3. The van der Waals surface area contributed by atoms with E-state index in [4.69, 9.17) is 17.0 Å². The van der Waals surface area contributed by atoms with Gasteiger partial charge in [-0.3, -0.25) is 4.79 Å². The van der Waals surface area contributed by atoms with E-state index in [1.54, 1.807) is 12.0 Å². The normalized spacial score (nSPS) is 10.7. The van der Waals surface area contributed by atoms with Crippen LogP contribution in [0.3, 0.4) is 0 Å². The number of fused-ring (bicyclic) bond motifs is 1. The molecular weight excluding hydrogens is 374 g/mol. The van der Waals surface area contributed by atoms with Gasteiger partial charge in [0.1, 0.15) is 5.75 Å². The first-order valence-electron chi connectivity index (χ1n) is 8.94. The van der Waals surface area contributed by atoms with Crippen LogP contribution in [0.5, 0.6) is 5.75 Å². The molecule has 7 heteroatoms. The molecule has 0 saturated heterocycles. The highest BCUT2D eigenvalue weighted by Crippen LogP contribution is 2.18. The summed E-state index contributed by atoms with van der Waals surface area (Å²) in [5.41, 5.74) is 3.09. The summed E-state index contributed by atoms with van der Waals surface area (Å²) < 4.78 is 5.15. The number of rotatable bonds is 6. The van der Waals surface area contributed by atoms with Crippen LogP contribution in [0.15, 0.2) is 53.3 Å². The number of thiocarbonyl (C=S) groups is 1. The second-order valence-corrected chi connectivity index (χ2v) is 6.85. The highest BCUT2D eigenvalue weighted by molar-refractivity contribution is 7.80. The molecule has 0 aliphatic carbocycles. The Morgan fingerprint density at radius 3 is 2.68 bits per heavy atom. The monoisotopic (exact) mass is 397 g/mol. The van der Waals surface area contributed by atoms with Crippen LogP contribution in [0.4, 0.5) is 5.69 Å². The minimum absolute atomic E-state index is 0.0744. The molecule has 0 aliphatic rings. The lowest BCUT2D eigenvalue weighted by atomic mass is 10.1. The van der Waals surface area contributed by atoms with Gasteiger partial charge in [0, 0.05) is 17.8 Å². The molecule has 3 aromatic rings. The van der Waals surface area contributed by atoms with Crippen LogP contribution in [0.25, 0.3) is 10.9 Å². The highest BCUT2D eigenvalue weighted by atomic mass is 32.1. The standard InChI is InChI=1S/C21H23N3O3S/c1-14-4-3-5-15-12-16(20(26)23-19(14)15)13-24(10-11-25)21(28)22-17-6-8-18(27-2)9-7-17/h3-9,12,25H,10-11,13H2,1-2H3,(H,22,28)(H,23,26). The quantitative estimate of drug-likeness (QED) is 0.555. The van der Waals surface area contributed by atoms with E-state index >= 15 is 0 Å². The van der Waals surface area contributed by atoms with E-state index in [0.29, 0.717) is 23.8 Å². The van der Waals surface area contributed by atoms with Crippen LogP contribution in [0.1, 0.15) is 11.1 Å². The molecule has 2 aromatic carbocycles. The number of para-hydroxylation sites is 1. The number of hydrogen-bond acceptors (Lipinski definition) is 4. The lowest BCUT2D eigenvalue weighted by Crippen LogP contribution is -2.37. The Bertz CT molecular complexity index is 1030. The molecule has 0 bridgehead atoms. The van der Waals surface area contributed by atoms with Gasteiger partial charge in [-0.15, -0.1) is 0 Å². The zero-order valence-corrected chi connectivity index (χ0v) is 16.7. The van der Waals surface area contributed by atoms with Crippen molar-refractivity contribution in [2.24, 2.45) is 0 Å². The summed E-state index contributed by atoms with van der Waals surface area (Å²) in [6, 6.07) is 15.1. The van der Waals surface area contributed by atoms with Gasteiger partial charge in [-0.05, 0) is 60.4 Å². The second kappa shape index (κ2) is 8.86. The van der Waals surface area contributed by atoms with Crippen LogP contribution in [-0.4, -0.2) is 40.4 Å². The number of aromatic amines is 1. The van der Waals surface area contributed by atoms with E-state index in [9.17, 15) is 9.90 Å². The molecule has 0 atom stereocenters. The molecule has 0 saturated carbocycles. The maximum absolute atomic E-state index is 12.6. The van der Waals surface area contributed by atoms with E-state index in [1.165, 1.54) is 0 Å². The summed E-state index contributed by atoms with van der Waals surface area (Å²) in [5, 5.41) is 14.0. The van der Waals surface area contributed by atoms with Crippen molar-refractivity contribution in [3.05, 3.63) is 70.0 Å². The Labute approximate surface area is 168 Å². The van der Waals surface area contributed by atoms with Crippen molar-refractivity contribution in [1.29, 1.82) is 0 Å². The number of aryl methyl sites for hydroxylation is 1. The number of anilines is 1. The largest absolute Gasteiger partial charge is 0.497 e. The van der Waals surface area contributed by atoms with Crippen LogP contribution in [0, 0.1) is 6.92 Å². The molecule has 0 spiro atoms. The molecule has 0 unspecified atom stereocenters. The Balaban J connectivity index is 1.82. The third-order valence-corrected chi connectivity index (χ3v) is 4.88. The van der Waals surface area contributed by atoms with Gasteiger partial charge in [0.25, 0.3) is 5.56 Å². The van der Waals surface area contributed by atoms with E-state index in [1.807, 2.05) is 55.5 Å². The molecule has 28 heavy (non-hydrogen) atoms. The number of ether oxygens (including phenoxy) is 1. The zero-order valence-electron chi connectivity index (χ0n) is 15.9. The van der Waals surface area contributed by atoms with Crippen molar-refractivity contribution in [3.8, 4) is 5.75 Å². The number of benzene rings is 2. The van der Waals surface area contributed by atoms with Gasteiger partial charge < -0.3 is 25.0 Å². The van der Waals surface area contributed by atoms with Gasteiger partial charge in [-0.1, -0.05) is 18.2 Å². The summed E-state index contributed by atoms with van der Waals surface area (Å²) >= 11 is 5.50. The summed E-state index contributed by atoms with van der Waals surface area (Å²) in [6.45, 7) is 2.49. The van der Waals surface area contributed by atoms with E-state index < -0.39 is 0 Å². The van der Waals surface area contributed by atoms with Crippen molar-refractivity contribution >= 4 is 33.9 Å². The number of nitrogens with one attached hydrogen (secondary N) is 2. The van der Waals surface area contributed by atoms with E-state index in [2.05, 4.69) is 10.3 Å². The topological polar surface area (TPSA) is 77.6 Å². The van der Waals surface area contributed by atoms with Gasteiger partial charge in [0.15, 0.2) is 5.11 Å². The molecule has 146 valence electrons. The number of aromatic nitrogens is 1. The van der Waals surface area contributed by atoms with E-state index in [-0.39, 0.29) is 12.2 Å². The predicted octanol–water partition coefficient (Wildman–Crippen LogP) is 3.04. The number of pyridine rings is 1. The van der Waals surface area contributed by atoms with Crippen LogP contribution >= 0.6 is 12.2 Å². The van der Waals surface area contributed by atoms with Crippen molar-refractivity contribution in [3.63, 3.8) is 0 Å². The Morgan fingerprint density at radius 2 is 2.00 bits per heavy atom. The second-order valence-electron chi connectivity index (χ2n) is 6.47. The molecule has 3 rings (SSSR count). The molecule has 0 fully saturated rings. The molecule has 0 radical (unpaired) electrons. The maximum atomic E-state index is 12.6. The van der Waals surface area contributed by atoms with Crippen LogP contribution in [0.2, 0.25) is 0 Å². The first kappa shape index (κ1) is 19.9.